The highest BCUT2D eigenvalue weighted by Crippen LogP contribution is 2.21. The van der Waals surface area contributed by atoms with Crippen LogP contribution >= 0.6 is 0 Å². The largest absolute Gasteiger partial charge is 0.350 e. The van der Waals surface area contributed by atoms with Crippen LogP contribution in [0.2, 0.25) is 0 Å². The lowest BCUT2D eigenvalue weighted by molar-refractivity contribution is 0.402. The van der Waals surface area contributed by atoms with Gasteiger partial charge in [-0.1, -0.05) is 18.9 Å². The Hall–Kier alpha value is -2.65. The Balaban J connectivity index is 1.70. The number of hydrogen-bond acceptors (Lipinski definition) is 6. The van der Waals surface area contributed by atoms with Gasteiger partial charge in [0.2, 0.25) is 5.95 Å². The Bertz CT molecular complexity index is 708. The molecule has 0 saturated heterocycles. The first-order chi connectivity index (χ1) is 11.2. The number of nitriles is 1. The number of hydrogen-bond donors (Lipinski definition) is 3. The zero-order valence-corrected chi connectivity index (χ0v) is 12.9. The van der Waals surface area contributed by atoms with Crippen molar-refractivity contribution in [3.63, 3.8) is 0 Å². The molecule has 1 saturated carbocycles. The third-order valence-electron chi connectivity index (χ3n) is 4.05. The number of benzene rings is 1. The lowest BCUT2D eigenvalue weighted by atomic mass is 9.91. The molecule has 1 aromatic carbocycles. The van der Waals surface area contributed by atoms with E-state index in [1.54, 1.807) is 24.4 Å². The van der Waals surface area contributed by atoms with E-state index >= 15 is 0 Å². The molecule has 0 radical (unpaired) electrons. The van der Waals surface area contributed by atoms with E-state index < -0.39 is 0 Å². The third kappa shape index (κ3) is 3.96. The predicted molar refractivity (Wildman–Crippen MR) is 90.3 cm³/mol. The summed E-state index contributed by atoms with van der Waals surface area (Å²) in [6, 6.07) is 11.6. The molecule has 1 aliphatic rings. The highest BCUT2D eigenvalue weighted by molar-refractivity contribution is 5.59. The SMILES string of the molecule is N#Cc1cccc(Nc2ccnc(N[C@@H]3CCCC[C@@H]3N)n2)c1. The summed E-state index contributed by atoms with van der Waals surface area (Å²) >= 11 is 0. The quantitative estimate of drug-likeness (QED) is 0.803. The third-order valence-corrected chi connectivity index (χ3v) is 4.05. The van der Waals surface area contributed by atoms with Crippen molar-refractivity contribution in [2.75, 3.05) is 10.6 Å². The zero-order valence-electron chi connectivity index (χ0n) is 12.9. The molecule has 6 nitrogen and oxygen atoms in total. The van der Waals surface area contributed by atoms with Crippen LogP contribution in [0.3, 0.4) is 0 Å². The summed E-state index contributed by atoms with van der Waals surface area (Å²) < 4.78 is 0. The van der Waals surface area contributed by atoms with Crippen LogP contribution in [0.25, 0.3) is 0 Å². The van der Waals surface area contributed by atoms with Crippen molar-refractivity contribution in [1.82, 2.24) is 9.97 Å². The van der Waals surface area contributed by atoms with Gasteiger partial charge in [0.25, 0.3) is 0 Å². The van der Waals surface area contributed by atoms with Crippen LogP contribution in [-0.4, -0.2) is 22.1 Å². The summed E-state index contributed by atoms with van der Waals surface area (Å²) in [6.07, 6.45) is 6.17. The van der Waals surface area contributed by atoms with Gasteiger partial charge in [0, 0.05) is 24.0 Å². The number of aromatic nitrogens is 2. The van der Waals surface area contributed by atoms with Crippen LogP contribution in [0.4, 0.5) is 17.5 Å². The number of anilines is 3. The Kier molecular flexibility index (Phi) is 4.69. The summed E-state index contributed by atoms with van der Waals surface area (Å²) in [7, 11) is 0. The Labute approximate surface area is 135 Å². The molecule has 118 valence electrons. The minimum Gasteiger partial charge on any atom is -0.350 e. The second-order valence-corrected chi connectivity index (χ2v) is 5.78. The molecular formula is C17H20N6. The van der Waals surface area contributed by atoms with Crippen molar-refractivity contribution >= 4 is 17.5 Å². The average Bonchev–Trinajstić information content (AvgIpc) is 2.57. The molecule has 0 amide bonds. The Morgan fingerprint density at radius 2 is 2.09 bits per heavy atom. The van der Waals surface area contributed by atoms with Crippen molar-refractivity contribution < 1.29 is 0 Å². The molecule has 1 fully saturated rings. The van der Waals surface area contributed by atoms with E-state index in [0.717, 1.165) is 18.5 Å². The van der Waals surface area contributed by atoms with Gasteiger partial charge in [-0.15, -0.1) is 0 Å². The molecule has 1 heterocycles. The minimum atomic E-state index is 0.149. The molecule has 1 aromatic heterocycles. The molecule has 6 heteroatoms. The predicted octanol–water partition coefficient (Wildman–Crippen LogP) is 2.77. The fourth-order valence-corrected chi connectivity index (χ4v) is 2.82. The Morgan fingerprint density at radius 3 is 2.91 bits per heavy atom. The monoisotopic (exact) mass is 308 g/mol. The van der Waals surface area contributed by atoms with E-state index in [4.69, 9.17) is 11.0 Å². The molecule has 0 spiro atoms. The second kappa shape index (κ2) is 7.07. The van der Waals surface area contributed by atoms with Crippen LogP contribution in [0.1, 0.15) is 31.2 Å². The van der Waals surface area contributed by atoms with Gasteiger partial charge in [0.15, 0.2) is 0 Å². The van der Waals surface area contributed by atoms with E-state index in [1.165, 1.54) is 12.8 Å². The van der Waals surface area contributed by atoms with Crippen LogP contribution < -0.4 is 16.4 Å². The lowest BCUT2D eigenvalue weighted by Gasteiger charge is -2.29. The molecule has 1 aliphatic carbocycles. The van der Waals surface area contributed by atoms with Crippen molar-refractivity contribution in [2.24, 2.45) is 5.73 Å². The minimum absolute atomic E-state index is 0.149. The maximum atomic E-state index is 8.95. The standard InChI is InChI=1S/C17H20N6/c18-11-12-4-3-5-13(10-12)21-16-8-9-20-17(23-16)22-15-7-2-1-6-14(15)19/h3-5,8-10,14-15H,1-2,6-7,19H2,(H2,20,21,22,23)/t14-,15+/m0/s1. The first-order valence-electron chi connectivity index (χ1n) is 7.87. The Morgan fingerprint density at radius 1 is 1.22 bits per heavy atom. The molecule has 4 N–H and O–H groups in total. The highest BCUT2D eigenvalue weighted by Gasteiger charge is 2.22. The highest BCUT2D eigenvalue weighted by atomic mass is 15.2. The molecule has 23 heavy (non-hydrogen) atoms. The van der Waals surface area contributed by atoms with Crippen molar-refractivity contribution in [2.45, 2.75) is 37.8 Å². The molecule has 3 rings (SSSR count). The van der Waals surface area contributed by atoms with Gasteiger partial charge in [-0.2, -0.15) is 10.2 Å². The summed E-state index contributed by atoms with van der Waals surface area (Å²) in [4.78, 5) is 8.75. The second-order valence-electron chi connectivity index (χ2n) is 5.78. The van der Waals surface area contributed by atoms with E-state index in [9.17, 15) is 0 Å². The lowest BCUT2D eigenvalue weighted by Crippen LogP contribution is -2.42. The fourth-order valence-electron chi connectivity index (χ4n) is 2.82. The van der Waals surface area contributed by atoms with Gasteiger partial charge in [-0.05, 0) is 37.1 Å². The number of nitrogens with zero attached hydrogens (tertiary/aromatic N) is 3. The van der Waals surface area contributed by atoms with Gasteiger partial charge >= 0.3 is 0 Å². The van der Waals surface area contributed by atoms with Gasteiger partial charge in [0.1, 0.15) is 5.82 Å². The van der Waals surface area contributed by atoms with Crippen molar-refractivity contribution in [3.05, 3.63) is 42.1 Å². The first kappa shape index (κ1) is 15.3. The van der Waals surface area contributed by atoms with Crippen LogP contribution in [0.15, 0.2) is 36.5 Å². The van der Waals surface area contributed by atoms with Gasteiger partial charge in [-0.3, -0.25) is 0 Å². The molecule has 0 bridgehead atoms. The molecule has 0 unspecified atom stereocenters. The van der Waals surface area contributed by atoms with E-state index in [2.05, 4.69) is 26.7 Å². The number of nitrogens with one attached hydrogen (secondary N) is 2. The van der Waals surface area contributed by atoms with E-state index in [1.807, 2.05) is 12.1 Å². The van der Waals surface area contributed by atoms with Crippen LogP contribution in [0.5, 0.6) is 0 Å². The van der Waals surface area contributed by atoms with Crippen molar-refractivity contribution in [1.29, 1.82) is 5.26 Å². The normalized spacial score (nSPS) is 20.5. The number of rotatable bonds is 4. The molecule has 2 aromatic rings. The van der Waals surface area contributed by atoms with Gasteiger partial charge in [-0.25, -0.2) is 4.98 Å². The molecule has 2 atom stereocenters. The van der Waals surface area contributed by atoms with E-state index in [-0.39, 0.29) is 12.1 Å². The maximum Gasteiger partial charge on any atom is 0.224 e. The summed E-state index contributed by atoms with van der Waals surface area (Å²) in [5.74, 6) is 1.26. The maximum absolute atomic E-state index is 8.95. The molecular weight excluding hydrogens is 288 g/mol. The smallest absolute Gasteiger partial charge is 0.224 e. The first-order valence-corrected chi connectivity index (χ1v) is 7.87. The van der Waals surface area contributed by atoms with Gasteiger partial charge < -0.3 is 16.4 Å². The van der Waals surface area contributed by atoms with Gasteiger partial charge in [0.05, 0.1) is 11.6 Å². The number of nitrogens with two attached hydrogens (primary N) is 1. The molecule has 0 aliphatic heterocycles. The zero-order chi connectivity index (χ0) is 16.1. The van der Waals surface area contributed by atoms with Crippen LogP contribution in [-0.2, 0) is 0 Å². The van der Waals surface area contributed by atoms with Crippen molar-refractivity contribution in [3.8, 4) is 6.07 Å². The summed E-state index contributed by atoms with van der Waals surface area (Å²) in [6.45, 7) is 0. The summed E-state index contributed by atoms with van der Waals surface area (Å²) in [5, 5.41) is 15.5. The van der Waals surface area contributed by atoms with Crippen LogP contribution in [0, 0.1) is 11.3 Å². The summed E-state index contributed by atoms with van der Waals surface area (Å²) in [5.41, 5.74) is 7.59. The average molecular weight is 308 g/mol. The van der Waals surface area contributed by atoms with E-state index in [0.29, 0.717) is 17.3 Å². The fraction of sp³-hybridized carbons (Fsp3) is 0.353. The topological polar surface area (TPSA) is 99.7 Å².